The molecule has 0 unspecified atom stereocenters. The van der Waals surface area contributed by atoms with Crippen molar-refractivity contribution in [2.45, 2.75) is 19.5 Å². The van der Waals surface area contributed by atoms with Crippen LogP contribution in [0.4, 0.5) is 5.69 Å². The number of hydrogen-bond donors (Lipinski definition) is 1. The van der Waals surface area contributed by atoms with E-state index in [1.165, 1.54) is 10.9 Å². The lowest BCUT2D eigenvalue weighted by atomic mass is 10.1. The summed E-state index contributed by atoms with van der Waals surface area (Å²) in [4.78, 5) is 11.8. The van der Waals surface area contributed by atoms with Crippen molar-refractivity contribution in [2.24, 2.45) is 0 Å². The molecular weight excluding hydrogens is 284 g/mol. The third-order valence-electron chi connectivity index (χ3n) is 2.85. The van der Waals surface area contributed by atoms with Crippen molar-refractivity contribution in [1.82, 2.24) is 5.32 Å². The Hall–Kier alpha value is -1.43. The molecule has 1 aromatic heterocycles. The summed E-state index contributed by atoms with van der Waals surface area (Å²) in [6.45, 7) is 2.39. The Kier molecular flexibility index (Phi) is 4.52. The summed E-state index contributed by atoms with van der Waals surface area (Å²) in [6, 6.07) is 8.88. The number of thiophene rings is 1. The lowest BCUT2D eigenvalue weighted by molar-refractivity contribution is -0.385. The van der Waals surface area contributed by atoms with Crippen LogP contribution < -0.4 is 5.32 Å². The minimum atomic E-state index is -0.404. The van der Waals surface area contributed by atoms with E-state index < -0.39 is 4.92 Å². The van der Waals surface area contributed by atoms with Gasteiger partial charge in [0, 0.05) is 23.5 Å². The molecule has 2 aromatic rings. The van der Waals surface area contributed by atoms with E-state index in [9.17, 15) is 10.1 Å². The van der Waals surface area contributed by atoms with Crippen LogP contribution in [-0.4, -0.2) is 4.92 Å². The molecule has 1 aromatic carbocycles. The molecule has 0 radical (unpaired) electrons. The Bertz CT molecular complexity index is 572. The largest absolute Gasteiger partial charge is 0.305 e. The van der Waals surface area contributed by atoms with E-state index in [0.29, 0.717) is 17.1 Å². The number of rotatable bonds is 5. The summed E-state index contributed by atoms with van der Waals surface area (Å²) in [5.41, 5.74) is 0.580. The normalized spacial score (nSPS) is 12.3. The fourth-order valence-corrected chi connectivity index (χ4v) is 2.78. The highest BCUT2D eigenvalue weighted by Crippen LogP contribution is 2.27. The predicted octanol–water partition coefficient (Wildman–Crippen LogP) is 4.16. The first-order valence-electron chi connectivity index (χ1n) is 5.78. The van der Waals surface area contributed by atoms with Gasteiger partial charge in [-0.15, -0.1) is 11.3 Å². The highest BCUT2D eigenvalue weighted by molar-refractivity contribution is 7.10. The van der Waals surface area contributed by atoms with Crippen LogP contribution in [-0.2, 0) is 6.54 Å². The maximum Gasteiger partial charge on any atom is 0.275 e. The van der Waals surface area contributed by atoms with Crippen molar-refractivity contribution < 1.29 is 4.92 Å². The van der Waals surface area contributed by atoms with Gasteiger partial charge >= 0.3 is 0 Å². The highest BCUT2D eigenvalue weighted by Gasteiger charge is 2.17. The third-order valence-corrected chi connectivity index (χ3v) is 4.25. The number of nitro benzene ring substituents is 1. The zero-order chi connectivity index (χ0) is 13.8. The molecular formula is C13H13ClN2O2S. The maximum absolute atomic E-state index is 11.0. The Morgan fingerprint density at radius 2 is 2.21 bits per heavy atom. The van der Waals surface area contributed by atoms with Gasteiger partial charge in [-0.05, 0) is 24.4 Å². The van der Waals surface area contributed by atoms with Crippen LogP contribution in [0.25, 0.3) is 0 Å². The Morgan fingerprint density at radius 3 is 2.84 bits per heavy atom. The molecule has 100 valence electrons. The summed E-state index contributed by atoms with van der Waals surface area (Å²) >= 11 is 7.69. The molecule has 4 nitrogen and oxygen atoms in total. The van der Waals surface area contributed by atoms with Gasteiger partial charge in [0.05, 0.1) is 15.5 Å². The molecule has 2 rings (SSSR count). The van der Waals surface area contributed by atoms with Crippen LogP contribution in [0.15, 0.2) is 35.7 Å². The van der Waals surface area contributed by atoms with Gasteiger partial charge in [-0.2, -0.15) is 0 Å². The van der Waals surface area contributed by atoms with E-state index in [1.807, 2.05) is 24.4 Å². The van der Waals surface area contributed by atoms with Crippen LogP contribution in [0.2, 0.25) is 5.02 Å². The molecule has 1 heterocycles. The Balaban J connectivity index is 2.13. The van der Waals surface area contributed by atoms with Crippen molar-refractivity contribution >= 4 is 28.6 Å². The second kappa shape index (κ2) is 6.14. The summed E-state index contributed by atoms with van der Waals surface area (Å²) in [5.74, 6) is 0. The monoisotopic (exact) mass is 296 g/mol. The van der Waals surface area contributed by atoms with Gasteiger partial charge in [0.25, 0.3) is 5.69 Å². The van der Waals surface area contributed by atoms with Gasteiger partial charge in [-0.1, -0.05) is 23.7 Å². The van der Waals surface area contributed by atoms with Gasteiger partial charge in [-0.25, -0.2) is 0 Å². The molecule has 0 spiro atoms. The van der Waals surface area contributed by atoms with Gasteiger partial charge in [-0.3, -0.25) is 10.1 Å². The average molecular weight is 297 g/mol. The quantitative estimate of drug-likeness (QED) is 0.666. The molecule has 0 aliphatic heterocycles. The predicted molar refractivity (Wildman–Crippen MR) is 77.7 cm³/mol. The number of nitro groups is 1. The lowest BCUT2D eigenvalue weighted by Crippen LogP contribution is -2.18. The number of halogens is 1. The van der Waals surface area contributed by atoms with Crippen molar-refractivity contribution in [2.75, 3.05) is 0 Å². The summed E-state index contributed by atoms with van der Waals surface area (Å²) < 4.78 is 0. The first-order chi connectivity index (χ1) is 9.09. The van der Waals surface area contributed by atoms with Crippen LogP contribution in [0.5, 0.6) is 0 Å². The Morgan fingerprint density at radius 1 is 1.42 bits per heavy atom. The standard InChI is InChI=1S/C13H13ClN2O2S/c1-9(13-6-3-7-19-13)15-8-10-11(14)4-2-5-12(10)16(17)18/h2-7,9,15H,8H2,1H3/t9-/m1/s1. The first kappa shape index (κ1) is 14.0. The van der Waals surface area contributed by atoms with Crippen molar-refractivity contribution in [3.05, 3.63) is 61.3 Å². The van der Waals surface area contributed by atoms with Crippen LogP contribution >= 0.6 is 22.9 Å². The topological polar surface area (TPSA) is 55.2 Å². The fourth-order valence-electron chi connectivity index (χ4n) is 1.79. The molecule has 0 fully saturated rings. The van der Waals surface area contributed by atoms with E-state index in [1.54, 1.807) is 23.5 Å². The molecule has 0 saturated heterocycles. The molecule has 0 aliphatic carbocycles. The second-order valence-electron chi connectivity index (χ2n) is 4.11. The molecule has 1 N–H and O–H groups in total. The number of benzene rings is 1. The second-order valence-corrected chi connectivity index (χ2v) is 5.50. The van der Waals surface area contributed by atoms with E-state index in [2.05, 4.69) is 5.32 Å². The van der Waals surface area contributed by atoms with Crippen LogP contribution in [0.3, 0.4) is 0 Å². The smallest absolute Gasteiger partial charge is 0.275 e. The average Bonchev–Trinajstić information content (AvgIpc) is 2.90. The summed E-state index contributed by atoms with van der Waals surface area (Å²) in [7, 11) is 0. The van der Waals surface area contributed by atoms with Gasteiger partial charge in [0.2, 0.25) is 0 Å². The minimum Gasteiger partial charge on any atom is -0.305 e. The summed E-state index contributed by atoms with van der Waals surface area (Å²) in [6.07, 6.45) is 0. The van der Waals surface area contributed by atoms with E-state index in [4.69, 9.17) is 11.6 Å². The molecule has 19 heavy (non-hydrogen) atoms. The first-order valence-corrected chi connectivity index (χ1v) is 7.04. The fraction of sp³-hybridized carbons (Fsp3) is 0.231. The van der Waals surface area contributed by atoms with E-state index >= 15 is 0 Å². The third kappa shape index (κ3) is 3.32. The zero-order valence-corrected chi connectivity index (χ0v) is 11.9. The highest BCUT2D eigenvalue weighted by atomic mass is 35.5. The number of hydrogen-bond acceptors (Lipinski definition) is 4. The van der Waals surface area contributed by atoms with Gasteiger partial charge < -0.3 is 5.32 Å². The van der Waals surface area contributed by atoms with Gasteiger partial charge in [0.1, 0.15) is 0 Å². The zero-order valence-electron chi connectivity index (χ0n) is 10.3. The van der Waals surface area contributed by atoms with E-state index in [0.717, 1.165) is 0 Å². The van der Waals surface area contributed by atoms with Crippen molar-refractivity contribution in [1.29, 1.82) is 0 Å². The molecule has 0 aliphatic rings. The molecule has 1 atom stereocenters. The molecule has 0 saturated carbocycles. The lowest BCUT2D eigenvalue weighted by Gasteiger charge is -2.13. The summed E-state index contributed by atoms with van der Waals surface area (Å²) in [5, 5.41) is 16.6. The van der Waals surface area contributed by atoms with E-state index in [-0.39, 0.29) is 11.7 Å². The molecule has 0 amide bonds. The van der Waals surface area contributed by atoms with Gasteiger partial charge in [0.15, 0.2) is 0 Å². The Labute approximate surface area is 120 Å². The minimum absolute atomic E-state index is 0.0541. The number of nitrogens with zero attached hydrogens (tertiary/aromatic N) is 1. The maximum atomic E-state index is 11.0. The molecule has 6 heteroatoms. The molecule has 0 bridgehead atoms. The van der Waals surface area contributed by atoms with Crippen molar-refractivity contribution in [3.8, 4) is 0 Å². The van der Waals surface area contributed by atoms with Crippen LogP contribution in [0.1, 0.15) is 23.4 Å². The number of nitrogens with one attached hydrogen (secondary N) is 1. The van der Waals surface area contributed by atoms with Crippen molar-refractivity contribution in [3.63, 3.8) is 0 Å². The SMILES string of the molecule is C[C@@H](NCc1c(Cl)cccc1[N+](=O)[O-])c1cccs1. The van der Waals surface area contributed by atoms with Crippen LogP contribution in [0, 0.1) is 10.1 Å².